The minimum Gasteiger partial charge on any atom is -0.325 e. The Morgan fingerprint density at radius 2 is 1.75 bits per heavy atom. The van der Waals surface area contributed by atoms with E-state index in [-0.39, 0.29) is 28.9 Å². The van der Waals surface area contributed by atoms with Crippen LogP contribution in [0.1, 0.15) is 19.8 Å². The molecule has 1 aliphatic heterocycles. The van der Waals surface area contributed by atoms with Crippen LogP contribution in [0, 0.1) is 0 Å². The van der Waals surface area contributed by atoms with Crippen molar-refractivity contribution in [3.63, 3.8) is 0 Å². The molecule has 0 aromatic heterocycles. The third kappa shape index (κ3) is 4.43. The normalized spacial score (nSPS) is 17.3. The number of benzene rings is 2. The molecule has 1 fully saturated rings. The van der Waals surface area contributed by atoms with Crippen molar-refractivity contribution in [3.05, 3.63) is 53.0 Å². The number of nitrogens with one attached hydrogen (secondary N) is 2. The third-order valence-corrected chi connectivity index (χ3v) is 6.90. The largest absolute Gasteiger partial charge is 0.325 e. The van der Waals surface area contributed by atoms with E-state index in [0.29, 0.717) is 18.5 Å². The van der Waals surface area contributed by atoms with Crippen molar-refractivity contribution in [2.45, 2.75) is 30.7 Å². The number of carbonyl (C=O) groups excluding carboxylic acids is 2. The summed E-state index contributed by atoms with van der Waals surface area (Å²) in [6.07, 6.45) is 1.02. The second-order valence-electron chi connectivity index (χ2n) is 6.45. The average molecular weight is 466 g/mol. The Balaban J connectivity index is 1.86. The predicted molar refractivity (Wildman–Crippen MR) is 110 cm³/mol. The van der Waals surface area contributed by atoms with Gasteiger partial charge in [-0.1, -0.05) is 28.1 Å². The van der Waals surface area contributed by atoms with E-state index in [9.17, 15) is 18.0 Å². The van der Waals surface area contributed by atoms with Crippen LogP contribution in [0.15, 0.2) is 57.9 Å². The van der Waals surface area contributed by atoms with E-state index < -0.39 is 16.1 Å². The van der Waals surface area contributed by atoms with E-state index in [0.717, 1.165) is 4.47 Å². The maximum absolute atomic E-state index is 13.2. The maximum atomic E-state index is 13.2. The average Bonchev–Trinajstić information content (AvgIpc) is 3.14. The fourth-order valence-electron chi connectivity index (χ4n) is 3.16. The molecular weight excluding hydrogens is 446 g/mol. The molecule has 148 valence electrons. The number of amides is 2. The first kappa shape index (κ1) is 20.5. The van der Waals surface area contributed by atoms with Gasteiger partial charge in [-0.05, 0) is 49.2 Å². The molecule has 0 saturated carbocycles. The van der Waals surface area contributed by atoms with Crippen molar-refractivity contribution in [1.29, 1.82) is 0 Å². The molecule has 1 heterocycles. The van der Waals surface area contributed by atoms with Crippen LogP contribution in [0.5, 0.6) is 0 Å². The van der Waals surface area contributed by atoms with Crippen LogP contribution in [0.25, 0.3) is 0 Å². The van der Waals surface area contributed by atoms with E-state index in [1.165, 1.54) is 23.4 Å². The molecule has 0 bridgehead atoms. The second kappa shape index (κ2) is 8.42. The van der Waals surface area contributed by atoms with Gasteiger partial charge in [-0.15, -0.1) is 0 Å². The van der Waals surface area contributed by atoms with Crippen LogP contribution < -0.4 is 10.6 Å². The van der Waals surface area contributed by atoms with Gasteiger partial charge in [0, 0.05) is 23.6 Å². The summed E-state index contributed by atoms with van der Waals surface area (Å²) in [5.74, 6) is -0.742. The van der Waals surface area contributed by atoms with Crippen LogP contribution in [0.4, 0.5) is 11.4 Å². The first-order valence-corrected chi connectivity index (χ1v) is 11.0. The number of para-hydroxylation sites is 1. The van der Waals surface area contributed by atoms with Crippen LogP contribution in [-0.2, 0) is 19.6 Å². The SMILES string of the molecule is CC(=O)Nc1ccccc1S(=O)(=O)N1CCC[C@@H]1C(=O)Nc1ccc(Br)cc1. The molecule has 1 atom stereocenters. The fraction of sp³-hybridized carbons (Fsp3) is 0.263. The minimum atomic E-state index is -3.96. The van der Waals surface area contributed by atoms with Gasteiger partial charge in [0.25, 0.3) is 0 Å². The monoisotopic (exact) mass is 465 g/mol. The van der Waals surface area contributed by atoms with Crippen molar-refractivity contribution >= 4 is 49.1 Å². The zero-order valence-electron chi connectivity index (χ0n) is 15.2. The lowest BCUT2D eigenvalue weighted by atomic mass is 10.2. The molecule has 2 N–H and O–H groups in total. The molecular formula is C19H20BrN3O4S. The molecule has 1 aliphatic rings. The number of hydrogen-bond donors (Lipinski definition) is 2. The van der Waals surface area contributed by atoms with Crippen molar-refractivity contribution in [2.24, 2.45) is 0 Å². The zero-order chi connectivity index (χ0) is 20.3. The van der Waals surface area contributed by atoms with Gasteiger partial charge in [-0.3, -0.25) is 9.59 Å². The number of carbonyl (C=O) groups is 2. The van der Waals surface area contributed by atoms with Crippen molar-refractivity contribution < 1.29 is 18.0 Å². The number of sulfonamides is 1. The lowest BCUT2D eigenvalue weighted by molar-refractivity contribution is -0.119. The summed E-state index contributed by atoms with van der Waals surface area (Å²) in [5.41, 5.74) is 0.796. The summed E-state index contributed by atoms with van der Waals surface area (Å²) >= 11 is 3.33. The van der Waals surface area contributed by atoms with Gasteiger partial charge in [-0.25, -0.2) is 8.42 Å². The summed E-state index contributed by atoms with van der Waals surface area (Å²) in [6.45, 7) is 1.56. The highest BCUT2D eigenvalue weighted by Gasteiger charge is 2.40. The Kier molecular flexibility index (Phi) is 6.17. The van der Waals surface area contributed by atoms with Gasteiger partial charge in [0.05, 0.1) is 5.69 Å². The number of rotatable bonds is 5. The van der Waals surface area contributed by atoms with Crippen molar-refractivity contribution in [2.75, 3.05) is 17.2 Å². The summed E-state index contributed by atoms with van der Waals surface area (Å²) < 4.78 is 28.6. The topological polar surface area (TPSA) is 95.6 Å². The first-order valence-electron chi connectivity index (χ1n) is 8.74. The second-order valence-corrected chi connectivity index (χ2v) is 9.22. The van der Waals surface area contributed by atoms with E-state index in [2.05, 4.69) is 26.6 Å². The van der Waals surface area contributed by atoms with Crippen LogP contribution in [0.2, 0.25) is 0 Å². The molecule has 28 heavy (non-hydrogen) atoms. The lowest BCUT2D eigenvalue weighted by Gasteiger charge is -2.24. The molecule has 0 unspecified atom stereocenters. The highest BCUT2D eigenvalue weighted by Crippen LogP contribution is 2.31. The molecule has 0 aliphatic carbocycles. The Hall–Kier alpha value is -2.23. The highest BCUT2D eigenvalue weighted by atomic mass is 79.9. The highest BCUT2D eigenvalue weighted by molar-refractivity contribution is 9.10. The number of hydrogen-bond acceptors (Lipinski definition) is 4. The molecule has 1 saturated heterocycles. The summed E-state index contributed by atoms with van der Waals surface area (Å²) in [4.78, 5) is 24.2. The molecule has 2 aromatic rings. The first-order chi connectivity index (χ1) is 13.3. The van der Waals surface area contributed by atoms with Gasteiger partial charge in [-0.2, -0.15) is 4.31 Å². The van der Waals surface area contributed by atoms with Crippen molar-refractivity contribution in [1.82, 2.24) is 4.31 Å². The fourth-order valence-corrected chi connectivity index (χ4v) is 5.23. The Morgan fingerprint density at radius 1 is 1.07 bits per heavy atom. The molecule has 7 nitrogen and oxygen atoms in total. The summed E-state index contributed by atoms with van der Waals surface area (Å²) in [7, 11) is -3.96. The van der Waals surface area contributed by atoms with Crippen LogP contribution >= 0.6 is 15.9 Å². The number of anilines is 2. The summed E-state index contributed by atoms with van der Waals surface area (Å²) in [5, 5.41) is 5.32. The minimum absolute atomic E-state index is 0.0199. The lowest BCUT2D eigenvalue weighted by Crippen LogP contribution is -2.43. The number of nitrogens with zero attached hydrogens (tertiary/aromatic N) is 1. The smallest absolute Gasteiger partial charge is 0.245 e. The molecule has 0 radical (unpaired) electrons. The Bertz CT molecular complexity index is 992. The van der Waals surface area contributed by atoms with E-state index >= 15 is 0 Å². The van der Waals surface area contributed by atoms with Crippen molar-refractivity contribution in [3.8, 4) is 0 Å². The molecule has 2 aromatic carbocycles. The quantitative estimate of drug-likeness (QED) is 0.708. The standard InChI is InChI=1S/C19H20BrN3O4S/c1-13(24)21-16-5-2-3-7-18(16)28(26,27)23-12-4-6-17(23)19(25)22-15-10-8-14(20)9-11-15/h2-3,5,7-11,17H,4,6,12H2,1H3,(H,21,24)(H,22,25)/t17-/m1/s1. The van der Waals surface area contributed by atoms with Gasteiger partial charge < -0.3 is 10.6 Å². The van der Waals surface area contributed by atoms with Gasteiger partial charge in [0.1, 0.15) is 10.9 Å². The van der Waals surface area contributed by atoms with Gasteiger partial charge >= 0.3 is 0 Å². The Labute approximate surface area is 172 Å². The van der Waals surface area contributed by atoms with Crippen LogP contribution in [-0.4, -0.2) is 37.1 Å². The molecule has 2 amide bonds. The predicted octanol–water partition coefficient (Wildman–Crippen LogP) is 3.20. The Morgan fingerprint density at radius 3 is 2.43 bits per heavy atom. The zero-order valence-corrected chi connectivity index (χ0v) is 17.6. The summed E-state index contributed by atoms with van der Waals surface area (Å²) in [6, 6.07) is 12.5. The number of halogens is 1. The molecule has 9 heteroatoms. The third-order valence-electron chi connectivity index (χ3n) is 4.40. The van der Waals surface area contributed by atoms with Crippen LogP contribution in [0.3, 0.4) is 0 Å². The van der Waals surface area contributed by atoms with E-state index in [1.807, 2.05) is 0 Å². The molecule has 3 rings (SSSR count). The van der Waals surface area contributed by atoms with Gasteiger partial charge in [0.2, 0.25) is 21.8 Å². The van der Waals surface area contributed by atoms with Gasteiger partial charge in [0.15, 0.2) is 0 Å². The maximum Gasteiger partial charge on any atom is 0.245 e. The molecule has 0 spiro atoms. The van der Waals surface area contributed by atoms with E-state index in [1.54, 1.807) is 36.4 Å². The van der Waals surface area contributed by atoms with E-state index in [4.69, 9.17) is 0 Å².